The van der Waals surface area contributed by atoms with Crippen molar-refractivity contribution in [1.29, 1.82) is 0 Å². The number of benzene rings is 1. The van der Waals surface area contributed by atoms with Crippen molar-refractivity contribution in [1.82, 2.24) is 10.2 Å². The molecule has 0 bridgehead atoms. The van der Waals surface area contributed by atoms with Gasteiger partial charge in [-0.2, -0.15) is 0 Å². The standard InChI is InChI=1S/C13H15N3O3/c17-13-12-9(3-1-5-11(12)16(18)19)8-15(13)10-4-2-6-14-7-10/h1,3,5,10,14H,2,4,6-8H2. The molecule has 6 heteroatoms. The fraction of sp³-hybridized carbons (Fsp3) is 0.462. The fourth-order valence-corrected chi connectivity index (χ4v) is 2.91. The van der Waals surface area contributed by atoms with Crippen molar-refractivity contribution < 1.29 is 9.72 Å². The van der Waals surface area contributed by atoms with Crippen LogP contribution in [0, 0.1) is 10.1 Å². The van der Waals surface area contributed by atoms with Gasteiger partial charge in [0.15, 0.2) is 0 Å². The van der Waals surface area contributed by atoms with Crippen LogP contribution in [0.5, 0.6) is 0 Å². The van der Waals surface area contributed by atoms with Gasteiger partial charge in [0.2, 0.25) is 0 Å². The van der Waals surface area contributed by atoms with E-state index in [-0.39, 0.29) is 23.2 Å². The first-order valence-electron chi connectivity index (χ1n) is 6.46. The van der Waals surface area contributed by atoms with Crippen LogP contribution in [-0.4, -0.2) is 34.9 Å². The molecule has 2 aliphatic heterocycles. The van der Waals surface area contributed by atoms with Crippen LogP contribution in [-0.2, 0) is 6.54 Å². The van der Waals surface area contributed by atoms with E-state index >= 15 is 0 Å². The van der Waals surface area contributed by atoms with E-state index in [0.717, 1.165) is 31.5 Å². The summed E-state index contributed by atoms with van der Waals surface area (Å²) < 4.78 is 0. The second kappa shape index (κ2) is 4.62. The van der Waals surface area contributed by atoms with E-state index in [1.54, 1.807) is 17.0 Å². The number of nitro benzene ring substituents is 1. The number of hydrogen-bond acceptors (Lipinski definition) is 4. The average Bonchev–Trinajstić information content (AvgIpc) is 2.77. The molecular weight excluding hydrogens is 246 g/mol. The quantitative estimate of drug-likeness (QED) is 0.643. The molecule has 100 valence electrons. The van der Waals surface area contributed by atoms with E-state index in [1.165, 1.54) is 6.07 Å². The van der Waals surface area contributed by atoms with E-state index in [9.17, 15) is 14.9 Å². The number of nitrogens with one attached hydrogen (secondary N) is 1. The van der Waals surface area contributed by atoms with Gasteiger partial charge in [-0.1, -0.05) is 12.1 Å². The van der Waals surface area contributed by atoms with Gasteiger partial charge in [0.25, 0.3) is 11.6 Å². The van der Waals surface area contributed by atoms with Crippen molar-refractivity contribution in [2.75, 3.05) is 13.1 Å². The molecular formula is C13H15N3O3. The third-order valence-corrected chi connectivity index (χ3v) is 3.85. The summed E-state index contributed by atoms with van der Waals surface area (Å²) >= 11 is 0. The Kier molecular flexibility index (Phi) is 2.94. The summed E-state index contributed by atoms with van der Waals surface area (Å²) in [6.07, 6.45) is 1.99. The number of nitrogens with zero attached hydrogens (tertiary/aromatic N) is 2. The molecule has 1 saturated heterocycles. The minimum absolute atomic E-state index is 0.0752. The van der Waals surface area contributed by atoms with Gasteiger partial charge in [-0.05, 0) is 24.9 Å². The molecule has 0 aliphatic carbocycles. The zero-order valence-corrected chi connectivity index (χ0v) is 10.5. The van der Waals surface area contributed by atoms with Crippen molar-refractivity contribution in [2.45, 2.75) is 25.4 Å². The molecule has 1 aromatic carbocycles. The molecule has 1 atom stereocenters. The molecule has 1 unspecified atom stereocenters. The SMILES string of the molecule is O=C1c2c(cccc2[N+](=O)[O-])CN1C1CCCNC1. The normalized spacial score (nSPS) is 22.4. The Bertz CT molecular complexity index is 538. The summed E-state index contributed by atoms with van der Waals surface area (Å²) in [5.41, 5.74) is 0.969. The molecule has 0 radical (unpaired) electrons. The third-order valence-electron chi connectivity index (χ3n) is 3.85. The lowest BCUT2D eigenvalue weighted by atomic mass is 10.1. The van der Waals surface area contributed by atoms with E-state index in [4.69, 9.17) is 0 Å². The highest BCUT2D eigenvalue weighted by Crippen LogP contribution is 2.32. The summed E-state index contributed by atoms with van der Waals surface area (Å²) in [6, 6.07) is 5.00. The Morgan fingerprint density at radius 3 is 2.95 bits per heavy atom. The molecule has 0 spiro atoms. The molecule has 1 aromatic rings. The number of hydrogen-bond donors (Lipinski definition) is 1. The monoisotopic (exact) mass is 261 g/mol. The summed E-state index contributed by atoms with van der Waals surface area (Å²) in [5, 5.41) is 14.3. The van der Waals surface area contributed by atoms with Gasteiger partial charge in [-0.25, -0.2) is 0 Å². The minimum Gasteiger partial charge on any atom is -0.330 e. The van der Waals surface area contributed by atoms with Crippen molar-refractivity contribution in [3.05, 3.63) is 39.4 Å². The summed E-state index contributed by atoms with van der Waals surface area (Å²) in [7, 11) is 0. The van der Waals surface area contributed by atoms with E-state index in [0.29, 0.717) is 6.54 Å². The lowest BCUT2D eigenvalue weighted by Gasteiger charge is -2.31. The Labute approximate surface area is 110 Å². The first-order valence-corrected chi connectivity index (χ1v) is 6.46. The van der Waals surface area contributed by atoms with Crippen LogP contribution in [0.25, 0.3) is 0 Å². The maximum absolute atomic E-state index is 12.4. The summed E-state index contributed by atoms with van der Waals surface area (Å²) in [5.74, 6) is -0.198. The van der Waals surface area contributed by atoms with Crippen LogP contribution in [0.2, 0.25) is 0 Å². The first-order chi connectivity index (χ1) is 9.18. The zero-order chi connectivity index (χ0) is 13.4. The van der Waals surface area contributed by atoms with Gasteiger partial charge in [0.05, 0.1) is 4.92 Å². The van der Waals surface area contributed by atoms with Crippen molar-refractivity contribution in [2.24, 2.45) is 0 Å². The molecule has 0 aromatic heterocycles. The van der Waals surface area contributed by atoms with Crippen molar-refractivity contribution >= 4 is 11.6 Å². The lowest BCUT2D eigenvalue weighted by Crippen LogP contribution is -2.46. The van der Waals surface area contributed by atoms with Crippen LogP contribution >= 0.6 is 0 Å². The molecule has 2 aliphatic rings. The van der Waals surface area contributed by atoms with Gasteiger partial charge in [0, 0.05) is 25.2 Å². The maximum atomic E-state index is 12.4. The first kappa shape index (κ1) is 12.1. The molecule has 1 N–H and O–H groups in total. The number of rotatable bonds is 2. The van der Waals surface area contributed by atoms with Gasteiger partial charge >= 0.3 is 0 Å². The highest BCUT2D eigenvalue weighted by atomic mass is 16.6. The van der Waals surface area contributed by atoms with E-state index < -0.39 is 4.92 Å². The number of carbonyl (C=O) groups is 1. The van der Waals surface area contributed by atoms with Crippen LogP contribution in [0.4, 0.5) is 5.69 Å². The van der Waals surface area contributed by atoms with Crippen LogP contribution in [0.3, 0.4) is 0 Å². The largest absolute Gasteiger partial charge is 0.330 e. The molecule has 1 amide bonds. The predicted octanol–water partition coefficient (Wildman–Crippen LogP) is 1.30. The highest BCUT2D eigenvalue weighted by Gasteiger charge is 2.37. The van der Waals surface area contributed by atoms with Crippen molar-refractivity contribution in [3.8, 4) is 0 Å². The predicted molar refractivity (Wildman–Crippen MR) is 68.9 cm³/mol. The molecule has 1 fully saturated rings. The topological polar surface area (TPSA) is 75.5 Å². The van der Waals surface area contributed by atoms with Gasteiger partial charge in [-0.15, -0.1) is 0 Å². The number of nitro groups is 1. The third kappa shape index (κ3) is 1.98. The molecule has 2 heterocycles. The van der Waals surface area contributed by atoms with E-state index in [2.05, 4.69) is 5.32 Å². The Morgan fingerprint density at radius 2 is 2.26 bits per heavy atom. The number of carbonyl (C=O) groups excluding carboxylic acids is 1. The second-order valence-corrected chi connectivity index (χ2v) is 5.00. The number of amides is 1. The molecule has 3 rings (SSSR count). The summed E-state index contributed by atoms with van der Waals surface area (Å²) in [6.45, 7) is 2.24. The molecule has 0 saturated carbocycles. The van der Waals surface area contributed by atoms with Crippen molar-refractivity contribution in [3.63, 3.8) is 0 Å². The Morgan fingerprint density at radius 1 is 1.42 bits per heavy atom. The summed E-state index contributed by atoms with van der Waals surface area (Å²) in [4.78, 5) is 24.7. The van der Waals surface area contributed by atoms with Gasteiger partial charge < -0.3 is 10.2 Å². The number of piperidine rings is 1. The fourth-order valence-electron chi connectivity index (χ4n) is 2.91. The Hall–Kier alpha value is -1.95. The molecule has 19 heavy (non-hydrogen) atoms. The van der Waals surface area contributed by atoms with E-state index in [1.807, 2.05) is 0 Å². The lowest BCUT2D eigenvalue weighted by molar-refractivity contribution is -0.385. The molecule has 6 nitrogen and oxygen atoms in total. The number of fused-ring (bicyclic) bond motifs is 1. The second-order valence-electron chi connectivity index (χ2n) is 5.00. The van der Waals surface area contributed by atoms with Crippen LogP contribution in [0.15, 0.2) is 18.2 Å². The highest BCUT2D eigenvalue weighted by molar-refractivity contribution is 6.02. The Balaban J connectivity index is 1.93. The van der Waals surface area contributed by atoms with Crippen LogP contribution < -0.4 is 5.32 Å². The minimum atomic E-state index is -0.473. The van der Waals surface area contributed by atoms with Gasteiger partial charge in [0.1, 0.15) is 5.56 Å². The zero-order valence-electron chi connectivity index (χ0n) is 10.5. The van der Waals surface area contributed by atoms with Gasteiger partial charge in [-0.3, -0.25) is 14.9 Å². The smallest absolute Gasteiger partial charge is 0.282 e. The maximum Gasteiger partial charge on any atom is 0.282 e. The average molecular weight is 261 g/mol. The van der Waals surface area contributed by atoms with Crippen LogP contribution in [0.1, 0.15) is 28.8 Å².